The van der Waals surface area contributed by atoms with E-state index < -0.39 is 0 Å². The first-order chi connectivity index (χ1) is 9.19. The maximum Gasteiger partial charge on any atom is 0.173 e. The van der Waals surface area contributed by atoms with Gasteiger partial charge in [0.05, 0.1) is 12.9 Å². The van der Waals surface area contributed by atoms with Crippen LogP contribution in [0.25, 0.3) is 0 Å². The van der Waals surface area contributed by atoms with Crippen molar-refractivity contribution in [1.29, 1.82) is 0 Å². The molecule has 98 valence electrons. The van der Waals surface area contributed by atoms with E-state index >= 15 is 0 Å². The lowest BCUT2D eigenvalue weighted by molar-refractivity contribution is 0.102. The van der Waals surface area contributed by atoms with E-state index in [-0.39, 0.29) is 11.5 Å². The van der Waals surface area contributed by atoms with Crippen LogP contribution in [0.1, 0.15) is 10.4 Å². The fourth-order valence-corrected chi connectivity index (χ4v) is 2.43. The van der Waals surface area contributed by atoms with Crippen molar-refractivity contribution in [3.05, 3.63) is 54.1 Å². The first-order valence-corrected chi connectivity index (χ1v) is 6.76. The lowest BCUT2D eigenvalue weighted by Crippen LogP contribution is -2.02. The van der Waals surface area contributed by atoms with Crippen LogP contribution in [-0.2, 0) is 0 Å². The summed E-state index contributed by atoms with van der Waals surface area (Å²) in [5, 5.41) is 9.34. The van der Waals surface area contributed by atoms with Crippen molar-refractivity contribution in [1.82, 2.24) is 0 Å². The second kappa shape index (κ2) is 6.29. The summed E-state index contributed by atoms with van der Waals surface area (Å²) in [5.74, 6) is 1.34. The molecule has 0 unspecified atom stereocenters. The second-order valence-corrected chi connectivity index (χ2v) is 4.99. The molecule has 0 aliphatic rings. The molecular weight excluding hydrogens is 260 g/mol. The Balaban J connectivity index is 1.97. The number of carbonyl (C=O) groups excluding carboxylic acids is 1. The van der Waals surface area contributed by atoms with E-state index in [4.69, 9.17) is 4.74 Å². The smallest absolute Gasteiger partial charge is 0.173 e. The molecule has 0 atom stereocenters. The Morgan fingerprint density at radius 2 is 1.95 bits per heavy atom. The molecule has 0 amide bonds. The number of benzene rings is 2. The quantitative estimate of drug-likeness (QED) is 0.670. The minimum Gasteiger partial charge on any atom is -0.508 e. The predicted molar refractivity (Wildman–Crippen MR) is 76.2 cm³/mol. The Kier molecular flexibility index (Phi) is 4.47. The Hall–Kier alpha value is -1.94. The van der Waals surface area contributed by atoms with Gasteiger partial charge in [0.15, 0.2) is 5.78 Å². The highest BCUT2D eigenvalue weighted by Gasteiger charge is 2.07. The molecule has 4 heteroatoms. The first kappa shape index (κ1) is 13.5. The average Bonchev–Trinajstić information content (AvgIpc) is 2.45. The number of hydrogen-bond donors (Lipinski definition) is 1. The number of phenolic OH excluding ortho intramolecular Hbond substituents is 1. The molecule has 0 aliphatic heterocycles. The zero-order valence-electron chi connectivity index (χ0n) is 10.5. The van der Waals surface area contributed by atoms with Gasteiger partial charge in [-0.2, -0.15) is 0 Å². The monoisotopic (exact) mass is 274 g/mol. The van der Waals surface area contributed by atoms with Crippen LogP contribution >= 0.6 is 11.8 Å². The molecule has 0 bridgehead atoms. The molecule has 0 saturated heterocycles. The third-order valence-corrected chi connectivity index (χ3v) is 3.59. The van der Waals surface area contributed by atoms with Gasteiger partial charge in [0, 0.05) is 10.5 Å². The predicted octanol–water partition coefficient (Wildman–Crippen LogP) is 3.38. The standard InChI is InChI=1S/C15H14O3S/c1-18-13-7-5-11(6-8-13)15(17)10-19-14-4-2-3-12(16)9-14/h2-9,16H,10H2,1H3. The average molecular weight is 274 g/mol. The van der Waals surface area contributed by atoms with Gasteiger partial charge in [0.1, 0.15) is 11.5 Å². The van der Waals surface area contributed by atoms with E-state index in [0.717, 1.165) is 10.6 Å². The lowest BCUT2D eigenvalue weighted by atomic mass is 10.1. The molecule has 0 radical (unpaired) electrons. The molecule has 0 saturated carbocycles. The molecule has 0 fully saturated rings. The van der Waals surface area contributed by atoms with Gasteiger partial charge in [-0.05, 0) is 42.5 Å². The topological polar surface area (TPSA) is 46.5 Å². The summed E-state index contributed by atoms with van der Waals surface area (Å²) in [5.41, 5.74) is 0.661. The van der Waals surface area contributed by atoms with Gasteiger partial charge in [-0.1, -0.05) is 6.07 Å². The highest BCUT2D eigenvalue weighted by Crippen LogP contribution is 2.23. The molecular formula is C15H14O3S. The zero-order chi connectivity index (χ0) is 13.7. The number of rotatable bonds is 5. The van der Waals surface area contributed by atoms with E-state index in [9.17, 15) is 9.90 Å². The summed E-state index contributed by atoms with van der Waals surface area (Å²) in [7, 11) is 1.59. The third kappa shape index (κ3) is 3.76. The van der Waals surface area contributed by atoms with Crippen LogP contribution in [0, 0.1) is 0 Å². The third-order valence-electron chi connectivity index (χ3n) is 2.60. The van der Waals surface area contributed by atoms with Crippen molar-refractivity contribution in [3.8, 4) is 11.5 Å². The van der Waals surface area contributed by atoms with Crippen LogP contribution in [0.15, 0.2) is 53.4 Å². The van der Waals surface area contributed by atoms with Crippen molar-refractivity contribution in [2.45, 2.75) is 4.90 Å². The Morgan fingerprint density at radius 3 is 2.58 bits per heavy atom. The van der Waals surface area contributed by atoms with Crippen LogP contribution in [0.2, 0.25) is 0 Å². The summed E-state index contributed by atoms with van der Waals surface area (Å²) in [4.78, 5) is 12.9. The number of methoxy groups -OCH3 is 1. The Morgan fingerprint density at radius 1 is 1.21 bits per heavy atom. The van der Waals surface area contributed by atoms with Gasteiger partial charge in [0.2, 0.25) is 0 Å². The fourth-order valence-electron chi connectivity index (χ4n) is 1.58. The minimum absolute atomic E-state index is 0.0518. The number of carbonyl (C=O) groups is 1. The van der Waals surface area contributed by atoms with Crippen molar-refractivity contribution >= 4 is 17.5 Å². The molecule has 19 heavy (non-hydrogen) atoms. The molecule has 0 aromatic heterocycles. The molecule has 2 rings (SSSR count). The first-order valence-electron chi connectivity index (χ1n) is 5.78. The van der Waals surface area contributed by atoms with Crippen molar-refractivity contribution < 1.29 is 14.6 Å². The normalized spacial score (nSPS) is 10.2. The van der Waals surface area contributed by atoms with E-state index in [1.54, 1.807) is 49.6 Å². The maximum atomic E-state index is 12.0. The van der Waals surface area contributed by atoms with Gasteiger partial charge in [0.25, 0.3) is 0 Å². The van der Waals surface area contributed by atoms with Gasteiger partial charge < -0.3 is 9.84 Å². The summed E-state index contributed by atoms with van der Waals surface area (Å²) in [6.45, 7) is 0. The van der Waals surface area contributed by atoms with Crippen LogP contribution in [-0.4, -0.2) is 23.8 Å². The fraction of sp³-hybridized carbons (Fsp3) is 0.133. The van der Waals surface area contributed by atoms with E-state index in [0.29, 0.717) is 11.3 Å². The van der Waals surface area contributed by atoms with Gasteiger partial charge >= 0.3 is 0 Å². The SMILES string of the molecule is COc1ccc(C(=O)CSc2cccc(O)c2)cc1. The lowest BCUT2D eigenvalue weighted by Gasteiger charge is -2.03. The molecule has 0 aliphatic carbocycles. The number of aromatic hydroxyl groups is 1. The van der Waals surface area contributed by atoms with Crippen molar-refractivity contribution in [3.63, 3.8) is 0 Å². The number of hydrogen-bond acceptors (Lipinski definition) is 4. The van der Waals surface area contributed by atoms with Crippen LogP contribution in [0.3, 0.4) is 0 Å². The Labute approximate surface area is 116 Å². The van der Waals surface area contributed by atoms with Gasteiger partial charge in [-0.3, -0.25) is 4.79 Å². The van der Waals surface area contributed by atoms with Crippen LogP contribution in [0.4, 0.5) is 0 Å². The highest BCUT2D eigenvalue weighted by molar-refractivity contribution is 8.00. The molecule has 0 spiro atoms. The van der Waals surface area contributed by atoms with Crippen molar-refractivity contribution in [2.75, 3.05) is 12.9 Å². The zero-order valence-corrected chi connectivity index (χ0v) is 11.3. The number of ketones is 1. The molecule has 3 nitrogen and oxygen atoms in total. The summed E-state index contributed by atoms with van der Waals surface area (Å²) in [6.07, 6.45) is 0. The summed E-state index contributed by atoms with van der Waals surface area (Å²) < 4.78 is 5.05. The van der Waals surface area contributed by atoms with Gasteiger partial charge in [-0.15, -0.1) is 11.8 Å². The molecule has 2 aromatic carbocycles. The summed E-state index contributed by atoms with van der Waals surface area (Å²) >= 11 is 1.41. The Bertz CT molecular complexity index is 564. The van der Waals surface area contributed by atoms with E-state index in [1.807, 2.05) is 6.07 Å². The molecule has 2 aromatic rings. The second-order valence-electron chi connectivity index (χ2n) is 3.94. The number of ether oxygens (including phenoxy) is 1. The van der Waals surface area contributed by atoms with E-state index in [1.165, 1.54) is 11.8 Å². The number of Topliss-reactive ketones (excluding diaryl/α,β-unsaturated/α-hetero) is 1. The van der Waals surface area contributed by atoms with E-state index in [2.05, 4.69) is 0 Å². The number of thioether (sulfide) groups is 1. The maximum absolute atomic E-state index is 12.0. The van der Waals surface area contributed by atoms with Crippen LogP contribution in [0.5, 0.6) is 11.5 Å². The minimum atomic E-state index is 0.0518. The van der Waals surface area contributed by atoms with Gasteiger partial charge in [-0.25, -0.2) is 0 Å². The van der Waals surface area contributed by atoms with Crippen molar-refractivity contribution in [2.24, 2.45) is 0 Å². The summed E-state index contributed by atoms with van der Waals surface area (Å²) in [6, 6.07) is 13.9. The highest BCUT2D eigenvalue weighted by atomic mass is 32.2. The molecule has 1 N–H and O–H groups in total. The van der Waals surface area contributed by atoms with Crippen LogP contribution < -0.4 is 4.74 Å². The largest absolute Gasteiger partial charge is 0.508 e. The molecule has 0 heterocycles. The number of phenols is 1.